The molecule has 4 nitrogen and oxygen atoms in total. The quantitative estimate of drug-likeness (QED) is 0.848. The van der Waals surface area contributed by atoms with Gasteiger partial charge in [0.1, 0.15) is 0 Å². The summed E-state index contributed by atoms with van der Waals surface area (Å²) in [6.07, 6.45) is 2.43. The summed E-state index contributed by atoms with van der Waals surface area (Å²) in [5.74, 6) is -0.119. The maximum atomic E-state index is 11.9. The van der Waals surface area contributed by atoms with Crippen LogP contribution >= 0.6 is 0 Å². The first-order valence-corrected chi connectivity index (χ1v) is 6.67. The normalized spacial score (nSPS) is 15.7. The molecule has 2 N–H and O–H groups in total. The van der Waals surface area contributed by atoms with Crippen LogP contribution in [-0.4, -0.2) is 17.9 Å². The predicted molar refractivity (Wildman–Crippen MR) is 73.5 cm³/mol. The van der Waals surface area contributed by atoms with Gasteiger partial charge in [-0.25, -0.2) is 0 Å². The minimum atomic E-state index is -0.253. The van der Waals surface area contributed by atoms with E-state index in [0.29, 0.717) is 12.5 Å². The van der Waals surface area contributed by atoms with Gasteiger partial charge in [-0.1, -0.05) is 29.8 Å². The fourth-order valence-corrected chi connectivity index (χ4v) is 2.00. The van der Waals surface area contributed by atoms with E-state index in [1.54, 1.807) is 0 Å². The van der Waals surface area contributed by atoms with E-state index in [-0.39, 0.29) is 17.9 Å². The van der Waals surface area contributed by atoms with E-state index < -0.39 is 0 Å². The van der Waals surface area contributed by atoms with Crippen LogP contribution in [-0.2, 0) is 9.59 Å². The van der Waals surface area contributed by atoms with Gasteiger partial charge in [0.05, 0.1) is 12.5 Å². The van der Waals surface area contributed by atoms with E-state index in [4.69, 9.17) is 0 Å². The smallest absolute Gasteiger partial charge is 0.222 e. The number of hydrogen-bond acceptors (Lipinski definition) is 2. The van der Waals surface area contributed by atoms with Crippen molar-refractivity contribution < 1.29 is 9.59 Å². The number of hydrogen-bond donors (Lipinski definition) is 2. The van der Waals surface area contributed by atoms with Crippen LogP contribution in [0.2, 0.25) is 0 Å². The van der Waals surface area contributed by atoms with Gasteiger partial charge in [-0.15, -0.1) is 0 Å². The third-order valence-corrected chi connectivity index (χ3v) is 3.19. The average Bonchev–Trinajstić information content (AvgIpc) is 3.12. The van der Waals surface area contributed by atoms with Crippen LogP contribution in [0.15, 0.2) is 24.3 Å². The second-order valence-corrected chi connectivity index (χ2v) is 5.21. The fraction of sp³-hybridized carbons (Fsp3) is 0.467. The summed E-state index contributed by atoms with van der Waals surface area (Å²) < 4.78 is 0. The second kappa shape index (κ2) is 5.87. The van der Waals surface area contributed by atoms with E-state index >= 15 is 0 Å². The number of benzene rings is 1. The average molecular weight is 260 g/mol. The first-order chi connectivity index (χ1) is 9.04. The van der Waals surface area contributed by atoms with Crippen LogP contribution in [0.25, 0.3) is 0 Å². The first kappa shape index (κ1) is 13.6. The van der Waals surface area contributed by atoms with Gasteiger partial charge < -0.3 is 10.6 Å². The monoisotopic (exact) mass is 260 g/mol. The number of amides is 2. The van der Waals surface area contributed by atoms with Crippen molar-refractivity contribution in [2.24, 2.45) is 0 Å². The van der Waals surface area contributed by atoms with E-state index in [1.165, 1.54) is 6.92 Å². The summed E-state index contributed by atoms with van der Waals surface area (Å²) in [5.41, 5.74) is 2.12. The van der Waals surface area contributed by atoms with Gasteiger partial charge in [0, 0.05) is 13.0 Å². The zero-order chi connectivity index (χ0) is 13.8. The lowest BCUT2D eigenvalue weighted by Crippen LogP contribution is -2.33. The number of carbonyl (C=O) groups is 2. The Hall–Kier alpha value is -1.84. The Kier molecular flexibility index (Phi) is 4.20. The molecule has 0 saturated heterocycles. The molecule has 1 aromatic carbocycles. The fourth-order valence-electron chi connectivity index (χ4n) is 2.00. The highest BCUT2D eigenvalue weighted by molar-refractivity contribution is 5.79. The van der Waals surface area contributed by atoms with Crippen molar-refractivity contribution in [2.45, 2.75) is 45.2 Å². The number of aryl methyl sites for hydroxylation is 1. The third-order valence-electron chi connectivity index (χ3n) is 3.19. The van der Waals surface area contributed by atoms with Gasteiger partial charge in [0.2, 0.25) is 11.8 Å². The van der Waals surface area contributed by atoms with Crippen molar-refractivity contribution in [3.05, 3.63) is 35.4 Å². The van der Waals surface area contributed by atoms with E-state index in [1.807, 2.05) is 31.2 Å². The van der Waals surface area contributed by atoms with Crippen molar-refractivity contribution >= 4 is 11.8 Å². The van der Waals surface area contributed by atoms with Crippen LogP contribution < -0.4 is 10.6 Å². The molecule has 1 aliphatic carbocycles. The molecule has 102 valence electrons. The zero-order valence-corrected chi connectivity index (χ0v) is 11.4. The molecule has 0 aliphatic heterocycles. The molecule has 4 heteroatoms. The Balaban J connectivity index is 2.03. The third kappa shape index (κ3) is 4.39. The minimum Gasteiger partial charge on any atom is -0.353 e. The van der Waals surface area contributed by atoms with Crippen molar-refractivity contribution in [2.75, 3.05) is 0 Å². The van der Waals surface area contributed by atoms with Crippen molar-refractivity contribution in [3.8, 4) is 0 Å². The Bertz CT molecular complexity index is 464. The summed E-state index contributed by atoms with van der Waals surface area (Å²) >= 11 is 0. The Labute approximate surface area is 113 Å². The van der Waals surface area contributed by atoms with Gasteiger partial charge in [-0.3, -0.25) is 9.59 Å². The van der Waals surface area contributed by atoms with Gasteiger partial charge in [0.25, 0.3) is 0 Å². The lowest BCUT2D eigenvalue weighted by atomic mass is 10.0. The van der Waals surface area contributed by atoms with Crippen molar-refractivity contribution in [1.82, 2.24) is 10.6 Å². The molecule has 0 spiro atoms. The Morgan fingerprint density at radius 2 is 1.89 bits per heavy atom. The van der Waals surface area contributed by atoms with Crippen LogP contribution in [0, 0.1) is 6.92 Å². The predicted octanol–water partition coefficient (Wildman–Crippen LogP) is 1.84. The molecule has 0 heterocycles. The van der Waals surface area contributed by atoms with E-state index in [9.17, 15) is 9.59 Å². The SMILES string of the molecule is CC(=O)N[C@H](CC(=O)NC1CC1)c1ccc(C)cc1. The minimum absolute atomic E-state index is 0.00169. The molecule has 2 rings (SSSR count). The molecule has 19 heavy (non-hydrogen) atoms. The summed E-state index contributed by atoms with van der Waals surface area (Å²) in [6.45, 7) is 3.48. The molecule has 1 aromatic rings. The molecule has 1 aliphatic rings. The standard InChI is InChI=1S/C15H20N2O2/c1-10-3-5-12(6-4-10)14(16-11(2)18)9-15(19)17-13-7-8-13/h3-6,13-14H,7-9H2,1-2H3,(H,16,18)(H,17,19)/t14-/m1/s1. The summed E-state index contributed by atoms with van der Waals surface area (Å²) in [6, 6.07) is 7.99. The molecule has 1 saturated carbocycles. The summed E-state index contributed by atoms with van der Waals surface area (Å²) in [7, 11) is 0. The van der Waals surface area contributed by atoms with Gasteiger partial charge in [-0.05, 0) is 25.3 Å². The highest BCUT2D eigenvalue weighted by atomic mass is 16.2. The van der Waals surface area contributed by atoms with Gasteiger partial charge in [-0.2, -0.15) is 0 Å². The van der Waals surface area contributed by atoms with E-state index in [0.717, 1.165) is 24.0 Å². The molecule has 0 unspecified atom stereocenters. The summed E-state index contributed by atoms with van der Waals surface area (Å²) in [4.78, 5) is 23.1. The topological polar surface area (TPSA) is 58.2 Å². The van der Waals surface area contributed by atoms with Gasteiger partial charge >= 0.3 is 0 Å². The zero-order valence-electron chi connectivity index (χ0n) is 11.4. The van der Waals surface area contributed by atoms with Crippen LogP contribution in [0.4, 0.5) is 0 Å². The van der Waals surface area contributed by atoms with Crippen LogP contribution in [0.5, 0.6) is 0 Å². The van der Waals surface area contributed by atoms with Crippen LogP contribution in [0.1, 0.15) is 43.4 Å². The molecular formula is C15H20N2O2. The number of rotatable bonds is 5. The molecule has 2 amide bonds. The first-order valence-electron chi connectivity index (χ1n) is 6.67. The Morgan fingerprint density at radius 3 is 2.42 bits per heavy atom. The molecular weight excluding hydrogens is 240 g/mol. The number of nitrogens with one attached hydrogen (secondary N) is 2. The molecule has 0 bridgehead atoms. The maximum absolute atomic E-state index is 11.9. The lowest BCUT2D eigenvalue weighted by molar-refractivity contribution is -0.122. The lowest BCUT2D eigenvalue weighted by Gasteiger charge is -2.18. The van der Waals surface area contributed by atoms with Crippen molar-refractivity contribution in [1.29, 1.82) is 0 Å². The van der Waals surface area contributed by atoms with Gasteiger partial charge in [0.15, 0.2) is 0 Å². The number of carbonyl (C=O) groups excluding carboxylic acids is 2. The molecule has 0 aromatic heterocycles. The molecule has 1 atom stereocenters. The molecule has 1 fully saturated rings. The van der Waals surface area contributed by atoms with E-state index in [2.05, 4.69) is 10.6 Å². The molecule has 0 radical (unpaired) electrons. The van der Waals surface area contributed by atoms with Crippen LogP contribution in [0.3, 0.4) is 0 Å². The second-order valence-electron chi connectivity index (χ2n) is 5.21. The van der Waals surface area contributed by atoms with Crippen molar-refractivity contribution in [3.63, 3.8) is 0 Å². The highest BCUT2D eigenvalue weighted by Crippen LogP contribution is 2.21. The highest BCUT2D eigenvalue weighted by Gasteiger charge is 2.25. The Morgan fingerprint density at radius 1 is 1.26 bits per heavy atom. The maximum Gasteiger partial charge on any atom is 0.222 e. The summed E-state index contributed by atoms with van der Waals surface area (Å²) in [5, 5.41) is 5.79. The largest absolute Gasteiger partial charge is 0.353 e.